The zero-order valence-electron chi connectivity index (χ0n) is 40.2. The van der Waals surface area contributed by atoms with E-state index in [1.165, 1.54) is 122 Å². The second kappa shape index (κ2) is 12.8. The van der Waals surface area contributed by atoms with Crippen LogP contribution < -0.4 is 10.4 Å². The first-order chi connectivity index (χ1) is 32.1. The van der Waals surface area contributed by atoms with Crippen molar-refractivity contribution in [1.82, 2.24) is 4.48 Å². The fourth-order valence-electron chi connectivity index (χ4n) is 13.4. The molecule has 0 unspecified atom stereocenters. The van der Waals surface area contributed by atoms with E-state index in [0.717, 1.165) is 23.0 Å². The fraction of sp³-hybridized carbons (Fsp3) is 0.238. The van der Waals surface area contributed by atoms with Gasteiger partial charge in [-0.25, -0.2) is 0 Å². The molecule has 4 heteroatoms. The molecular weight excluding hydrogens is 812 g/mol. The summed E-state index contributed by atoms with van der Waals surface area (Å²) in [6, 6.07) is 55.7. The highest BCUT2D eigenvalue weighted by atomic mass is 16.3. The summed E-state index contributed by atoms with van der Waals surface area (Å²) < 4.78 is 9.88. The lowest BCUT2D eigenvalue weighted by Gasteiger charge is -2.43. The summed E-state index contributed by atoms with van der Waals surface area (Å²) >= 11 is 0. The number of aromatic nitrogens is 1. The first kappa shape index (κ1) is 39.4. The Morgan fingerprint density at radius 3 is 2.00 bits per heavy atom. The summed E-state index contributed by atoms with van der Waals surface area (Å²) in [6.07, 6.45) is 2.33. The Morgan fingerprint density at radius 2 is 1.22 bits per heavy atom. The average Bonchev–Trinajstić information content (AvgIpc) is 3.94. The lowest BCUT2D eigenvalue weighted by atomic mass is 9.40. The van der Waals surface area contributed by atoms with Gasteiger partial charge in [0, 0.05) is 77.5 Å². The van der Waals surface area contributed by atoms with Gasteiger partial charge in [0.15, 0.2) is 0 Å². The highest BCUT2D eigenvalue weighted by Gasteiger charge is 2.55. The Bertz CT molecular complexity index is 3890. The van der Waals surface area contributed by atoms with Gasteiger partial charge in [-0.15, -0.1) is 0 Å². The van der Waals surface area contributed by atoms with E-state index >= 15 is 0 Å². The normalized spacial score (nSPS) is 17.4. The molecule has 0 amide bonds. The van der Waals surface area contributed by atoms with Crippen LogP contribution in [0.25, 0.3) is 82.5 Å². The van der Waals surface area contributed by atoms with Crippen LogP contribution in [0.1, 0.15) is 103 Å². The van der Waals surface area contributed by atoms with Crippen LogP contribution in [0, 0.1) is 0 Å². The van der Waals surface area contributed by atoms with Gasteiger partial charge in [0.05, 0.1) is 5.69 Å². The van der Waals surface area contributed by atoms with Gasteiger partial charge < -0.3 is 13.8 Å². The maximum absolute atomic E-state index is 7.08. The standard InChI is InChI=1S/C63H55BN2O/c1-60(2,3)38-27-29-49(44(32-38)36-18-11-10-12-19-36)65-50-35-52-53(42-22-15-16-25-51(42)67-52)54-43-24-17-23-40-41-28-26-37-20-13-14-21-39(37)56(41)66(57(40)43)64(55(50)54)59-58(65)45-33-47-48(34-46(45)63(59,8)9)62(6,7)31-30-61(47,4)5/h10-29,32-35H,30-31H2,1-9H3. The monoisotopic (exact) mass is 866 g/mol. The van der Waals surface area contributed by atoms with Crippen LogP contribution in [0.2, 0.25) is 0 Å². The van der Waals surface area contributed by atoms with Crippen molar-refractivity contribution in [2.45, 2.75) is 96.8 Å². The third kappa shape index (κ3) is 5.04. The zero-order valence-corrected chi connectivity index (χ0v) is 40.2. The number of hydrogen-bond donors (Lipinski definition) is 0. The van der Waals surface area contributed by atoms with Crippen LogP contribution in [0.4, 0.5) is 11.4 Å². The summed E-state index contributed by atoms with van der Waals surface area (Å²) in [5.74, 6) is 0. The summed E-state index contributed by atoms with van der Waals surface area (Å²) in [4.78, 5) is 2.71. The fourth-order valence-corrected chi connectivity index (χ4v) is 13.4. The van der Waals surface area contributed by atoms with Gasteiger partial charge >= 0.3 is 6.85 Å². The SMILES string of the molecule is CC(C)(C)c1ccc(N2C3=C(B4c5c2cc2oc6ccccc6c2c5-c2cccc5c6ccc7ccccc7c6n4c25)C(C)(C)c2cc4c(cc23)C(C)(C)CCC4(C)C)c(-c2ccccc2)c1. The molecule has 0 fully saturated rings. The largest absolute Gasteiger partial charge is 0.456 e. The molecule has 2 aliphatic carbocycles. The maximum atomic E-state index is 7.08. The van der Waals surface area contributed by atoms with E-state index in [1.54, 1.807) is 0 Å². The molecule has 0 radical (unpaired) electrons. The predicted molar refractivity (Wildman–Crippen MR) is 285 cm³/mol. The quantitative estimate of drug-likeness (QED) is 0.161. The molecular formula is C63H55BN2O. The van der Waals surface area contributed by atoms with E-state index in [4.69, 9.17) is 4.42 Å². The van der Waals surface area contributed by atoms with Gasteiger partial charge in [0.2, 0.25) is 0 Å². The van der Waals surface area contributed by atoms with Crippen LogP contribution in [0.3, 0.4) is 0 Å². The summed E-state index contributed by atoms with van der Waals surface area (Å²) in [5, 5.41) is 7.54. The number of benzene rings is 8. The van der Waals surface area contributed by atoms with Crippen molar-refractivity contribution >= 4 is 83.9 Å². The molecule has 67 heavy (non-hydrogen) atoms. The second-order valence-electron chi connectivity index (χ2n) is 23.1. The van der Waals surface area contributed by atoms with Crippen LogP contribution >= 0.6 is 0 Å². The number of fused-ring (bicyclic) bond motifs is 15. The predicted octanol–water partition coefficient (Wildman–Crippen LogP) is 16.3. The topological polar surface area (TPSA) is 21.3 Å². The summed E-state index contributed by atoms with van der Waals surface area (Å²) in [6.45, 7) is 21.9. The molecule has 0 atom stereocenters. The molecule has 2 aromatic heterocycles. The van der Waals surface area contributed by atoms with E-state index in [1.807, 2.05) is 0 Å². The van der Waals surface area contributed by atoms with Crippen molar-refractivity contribution in [2.24, 2.45) is 0 Å². The number of allylic oxidation sites excluding steroid dienone is 1. The lowest BCUT2D eigenvalue weighted by molar-refractivity contribution is 0.331. The third-order valence-electron chi connectivity index (χ3n) is 17.0. The summed E-state index contributed by atoms with van der Waals surface area (Å²) in [7, 11) is 0. The number of furan rings is 1. The second-order valence-corrected chi connectivity index (χ2v) is 23.1. The average molecular weight is 867 g/mol. The van der Waals surface area contributed by atoms with E-state index in [0.29, 0.717) is 0 Å². The molecule has 3 nitrogen and oxygen atoms in total. The zero-order chi connectivity index (χ0) is 45.7. The smallest absolute Gasteiger partial charge is 0.329 e. The number of hydrogen-bond acceptors (Lipinski definition) is 2. The molecule has 0 saturated heterocycles. The van der Waals surface area contributed by atoms with Gasteiger partial charge in [0.1, 0.15) is 11.2 Å². The maximum Gasteiger partial charge on any atom is 0.329 e. The molecule has 14 rings (SSSR count). The molecule has 326 valence electrons. The molecule has 0 N–H and O–H groups in total. The Hall–Kier alpha value is -6.78. The van der Waals surface area contributed by atoms with E-state index in [-0.39, 0.29) is 28.5 Å². The Balaban J connectivity index is 1.22. The number of nitrogens with zero attached hydrogens (tertiary/aromatic N) is 2. The lowest BCUT2D eigenvalue weighted by Crippen LogP contribution is -2.52. The van der Waals surface area contributed by atoms with E-state index in [9.17, 15) is 0 Å². The molecule has 0 saturated carbocycles. The van der Waals surface area contributed by atoms with Crippen molar-refractivity contribution < 1.29 is 4.42 Å². The van der Waals surface area contributed by atoms with Crippen molar-refractivity contribution in [3.05, 3.63) is 179 Å². The number of para-hydroxylation sites is 2. The molecule has 0 spiro atoms. The highest BCUT2D eigenvalue weighted by molar-refractivity contribution is 6.86. The van der Waals surface area contributed by atoms with E-state index < -0.39 is 0 Å². The molecule has 4 aliphatic rings. The number of rotatable bonds is 2. The van der Waals surface area contributed by atoms with Gasteiger partial charge in [-0.3, -0.25) is 0 Å². The minimum absolute atomic E-state index is 0.0351. The van der Waals surface area contributed by atoms with Crippen molar-refractivity contribution in [3.63, 3.8) is 0 Å². The van der Waals surface area contributed by atoms with Gasteiger partial charge in [0.25, 0.3) is 0 Å². The molecule has 0 bridgehead atoms. The Morgan fingerprint density at radius 1 is 0.537 bits per heavy atom. The van der Waals surface area contributed by atoms with Crippen LogP contribution in [0.15, 0.2) is 155 Å². The molecule has 8 aromatic carbocycles. The van der Waals surface area contributed by atoms with Crippen LogP contribution in [-0.2, 0) is 21.7 Å². The van der Waals surface area contributed by atoms with Gasteiger partial charge in [-0.05, 0) is 103 Å². The third-order valence-corrected chi connectivity index (χ3v) is 17.0. The van der Waals surface area contributed by atoms with Gasteiger partial charge in [-0.2, -0.15) is 0 Å². The molecule has 2 aliphatic heterocycles. The Labute approximate surface area is 393 Å². The molecule has 10 aromatic rings. The van der Waals surface area contributed by atoms with Gasteiger partial charge in [-0.1, -0.05) is 178 Å². The van der Waals surface area contributed by atoms with Crippen molar-refractivity contribution in [2.75, 3.05) is 4.90 Å². The minimum atomic E-state index is -0.347. The van der Waals surface area contributed by atoms with Crippen LogP contribution in [-0.4, -0.2) is 11.3 Å². The van der Waals surface area contributed by atoms with Crippen molar-refractivity contribution in [1.29, 1.82) is 0 Å². The highest BCUT2D eigenvalue weighted by Crippen LogP contribution is 2.61. The first-order valence-corrected chi connectivity index (χ1v) is 24.5. The van der Waals surface area contributed by atoms with Crippen molar-refractivity contribution in [3.8, 4) is 22.3 Å². The first-order valence-electron chi connectivity index (χ1n) is 24.5. The number of anilines is 2. The summed E-state index contributed by atoms with van der Waals surface area (Å²) in [5.41, 5.74) is 22.8. The minimum Gasteiger partial charge on any atom is -0.456 e. The molecule has 4 heterocycles. The van der Waals surface area contributed by atoms with Crippen LogP contribution in [0.5, 0.6) is 0 Å². The van der Waals surface area contributed by atoms with E-state index in [2.05, 4.69) is 217 Å². The Kier molecular flexibility index (Phi) is 7.53.